The van der Waals surface area contributed by atoms with Crippen molar-refractivity contribution in [3.8, 4) is 0 Å². The Morgan fingerprint density at radius 3 is 3.17 bits per heavy atom. The van der Waals surface area contributed by atoms with E-state index in [2.05, 4.69) is 60.2 Å². The number of nitrogens with one attached hydrogen (secondary N) is 1. The summed E-state index contributed by atoms with van der Waals surface area (Å²) in [6.07, 6.45) is 7.13. The molecule has 4 rings (SSSR count). The van der Waals surface area contributed by atoms with Crippen molar-refractivity contribution in [1.29, 1.82) is 0 Å². The zero-order valence-electron chi connectivity index (χ0n) is 12.8. The lowest BCUT2D eigenvalue weighted by molar-refractivity contribution is 0.243. The molecule has 1 aliphatic rings. The number of H-pyrrole nitrogens is 1. The van der Waals surface area contributed by atoms with Crippen LogP contribution in [0.15, 0.2) is 40.2 Å². The minimum atomic E-state index is 0.874. The first-order valence-corrected chi connectivity index (χ1v) is 9.61. The van der Waals surface area contributed by atoms with E-state index in [1.165, 1.54) is 27.7 Å². The van der Waals surface area contributed by atoms with Gasteiger partial charge in [0.05, 0.1) is 5.69 Å². The van der Waals surface area contributed by atoms with Crippen LogP contribution >= 0.6 is 27.7 Å². The largest absolute Gasteiger partial charge is 0.361 e. The molecule has 6 heteroatoms. The Morgan fingerprint density at radius 2 is 2.30 bits per heavy atom. The molecule has 4 nitrogen and oxygen atoms in total. The zero-order chi connectivity index (χ0) is 15.8. The summed E-state index contributed by atoms with van der Waals surface area (Å²) in [7, 11) is 0. The van der Waals surface area contributed by atoms with Crippen molar-refractivity contribution in [3.63, 3.8) is 0 Å². The third-order valence-corrected chi connectivity index (χ3v) is 5.35. The maximum atomic E-state index is 4.64. The van der Waals surface area contributed by atoms with E-state index >= 15 is 0 Å². The molecule has 0 unspecified atom stereocenters. The summed E-state index contributed by atoms with van der Waals surface area (Å²) in [6.45, 7) is 2.91. The van der Waals surface area contributed by atoms with Crippen LogP contribution in [0.2, 0.25) is 0 Å². The molecule has 0 amide bonds. The Hall–Kier alpha value is -1.37. The average Bonchev–Trinajstić information content (AvgIpc) is 2.96. The van der Waals surface area contributed by atoms with Crippen LogP contribution < -0.4 is 0 Å². The zero-order valence-corrected chi connectivity index (χ0v) is 15.2. The number of benzene rings is 1. The highest BCUT2D eigenvalue weighted by Gasteiger charge is 2.19. The first-order chi connectivity index (χ1) is 11.2. The molecule has 118 valence electrons. The van der Waals surface area contributed by atoms with Crippen LogP contribution in [0.25, 0.3) is 10.9 Å². The molecule has 23 heavy (non-hydrogen) atoms. The molecular formula is C17H17BrN4S. The molecule has 1 aliphatic heterocycles. The van der Waals surface area contributed by atoms with E-state index in [9.17, 15) is 0 Å². The van der Waals surface area contributed by atoms with Crippen molar-refractivity contribution in [2.24, 2.45) is 0 Å². The number of thioether (sulfide) groups is 1. The van der Waals surface area contributed by atoms with Crippen molar-refractivity contribution in [2.75, 3.05) is 12.8 Å². The summed E-state index contributed by atoms with van der Waals surface area (Å²) in [5, 5.41) is 2.16. The molecule has 0 spiro atoms. The smallest absolute Gasteiger partial charge is 0.187 e. The fourth-order valence-corrected chi connectivity index (χ4v) is 3.83. The molecule has 0 radical (unpaired) electrons. The van der Waals surface area contributed by atoms with Gasteiger partial charge in [0, 0.05) is 59.4 Å². The lowest BCUT2D eigenvalue weighted by Crippen LogP contribution is -2.30. The number of halogens is 1. The molecule has 3 heterocycles. The summed E-state index contributed by atoms with van der Waals surface area (Å²) in [5.74, 6) is 0. The van der Waals surface area contributed by atoms with Gasteiger partial charge in [0.15, 0.2) is 5.16 Å². The van der Waals surface area contributed by atoms with Crippen molar-refractivity contribution >= 4 is 38.6 Å². The van der Waals surface area contributed by atoms with E-state index in [1.54, 1.807) is 11.8 Å². The van der Waals surface area contributed by atoms with Gasteiger partial charge < -0.3 is 4.98 Å². The number of rotatable bonds is 3. The molecule has 1 N–H and O–H groups in total. The number of nitrogens with zero attached hydrogens (tertiary/aromatic N) is 3. The summed E-state index contributed by atoms with van der Waals surface area (Å²) < 4.78 is 1.12. The minimum Gasteiger partial charge on any atom is -0.361 e. The maximum absolute atomic E-state index is 4.64. The van der Waals surface area contributed by atoms with E-state index in [0.717, 1.165) is 35.7 Å². The lowest BCUT2D eigenvalue weighted by Gasteiger charge is -2.27. The Bertz CT molecular complexity index is 861. The Labute approximate surface area is 147 Å². The topological polar surface area (TPSA) is 44.8 Å². The summed E-state index contributed by atoms with van der Waals surface area (Å²) in [4.78, 5) is 14.9. The molecule has 2 aromatic heterocycles. The molecule has 3 aromatic rings. The third-order valence-electron chi connectivity index (χ3n) is 4.30. The summed E-state index contributed by atoms with van der Waals surface area (Å²) in [6, 6.07) is 6.37. The summed E-state index contributed by atoms with van der Waals surface area (Å²) >= 11 is 5.17. The highest BCUT2D eigenvalue weighted by molar-refractivity contribution is 9.10. The predicted octanol–water partition coefficient (Wildman–Crippen LogP) is 4.00. The van der Waals surface area contributed by atoms with Crippen molar-refractivity contribution < 1.29 is 0 Å². The SMILES string of the molecule is CSc1ncc2c(n1)CCN(Cc1c[nH]c3ccc(Br)cc13)C2. The molecule has 0 saturated carbocycles. The predicted molar refractivity (Wildman–Crippen MR) is 97.6 cm³/mol. The minimum absolute atomic E-state index is 0.874. The standard InChI is InChI=1S/C17H17BrN4S/c1-23-17-20-8-12-10-22(5-4-15(12)21-17)9-11-7-19-16-3-2-13(18)6-14(11)16/h2-3,6-8,19H,4-5,9-10H2,1H3. The number of aromatic nitrogens is 3. The third kappa shape index (κ3) is 3.03. The lowest BCUT2D eigenvalue weighted by atomic mass is 10.1. The Kier molecular flexibility index (Phi) is 4.13. The maximum Gasteiger partial charge on any atom is 0.187 e. The van der Waals surface area contributed by atoms with E-state index in [0.29, 0.717) is 0 Å². The van der Waals surface area contributed by atoms with Gasteiger partial charge in [-0.25, -0.2) is 9.97 Å². The fraction of sp³-hybridized carbons (Fsp3) is 0.294. The average molecular weight is 389 g/mol. The van der Waals surface area contributed by atoms with Gasteiger partial charge >= 0.3 is 0 Å². The molecule has 0 aliphatic carbocycles. The van der Waals surface area contributed by atoms with Crippen LogP contribution in [0, 0.1) is 0 Å². The number of fused-ring (bicyclic) bond motifs is 2. The Balaban J connectivity index is 1.56. The van der Waals surface area contributed by atoms with Crippen molar-refractivity contribution in [2.45, 2.75) is 24.7 Å². The van der Waals surface area contributed by atoms with Crippen LogP contribution in [0.4, 0.5) is 0 Å². The van der Waals surface area contributed by atoms with Gasteiger partial charge in [-0.2, -0.15) is 0 Å². The summed E-state index contributed by atoms with van der Waals surface area (Å²) in [5.41, 5.74) is 5.00. The second kappa shape index (κ2) is 6.26. The quantitative estimate of drug-likeness (QED) is 0.543. The van der Waals surface area contributed by atoms with E-state index < -0.39 is 0 Å². The van der Waals surface area contributed by atoms with E-state index in [-0.39, 0.29) is 0 Å². The first kappa shape index (κ1) is 15.2. The molecule has 0 saturated heterocycles. The van der Waals surface area contributed by atoms with Crippen LogP contribution in [0.1, 0.15) is 16.8 Å². The van der Waals surface area contributed by atoms with Gasteiger partial charge in [-0.05, 0) is 30.0 Å². The number of hydrogen-bond donors (Lipinski definition) is 1. The van der Waals surface area contributed by atoms with Crippen LogP contribution in [-0.2, 0) is 19.5 Å². The van der Waals surface area contributed by atoms with Gasteiger partial charge in [-0.15, -0.1) is 0 Å². The van der Waals surface area contributed by atoms with Crippen molar-refractivity contribution in [1.82, 2.24) is 19.9 Å². The van der Waals surface area contributed by atoms with Gasteiger partial charge in [-0.1, -0.05) is 27.7 Å². The number of hydrogen-bond acceptors (Lipinski definition) is 4. The molecule has 0 bridgehead atoms. The normalized spacial score (nSPS) is 15.0. The van der Waals surface area contributed by atoms with Gasteiger partial charge in [0.25, 0.3) is 0 Å². The van der Waals surface area contributed by atoms with E-state index in [1.807, 2.05) is 12.5 Å². The first-order valence-electron chi connectivity index (χ1n) is 7.59. The second-order valence-electron chi connectivity index (χ2n) is 5.79. The fourth-order valence-electron chi connectivity index (χ4n) is 3.11. The van der Waals surface area contributed by atoms with Crippen molar-refractivity contribution in [3.05, 3.63) is 51.9 Å². The molecule has 0 fully saturated rings. The molecule has 0 atom stereocenters. The molecule has 1 aromatic carbocycles. The number of aromatic amines is 1. The van der Waals surface area contributed by atoms with Crippen LogP contribution in [0.3, 0.4) is 0 Å². The monoisotopic (exact) mass is 388 g/mol. The highest BCUT2D eigenvalue weighted by Crippen LogP contribution is 2.26. The van der Waals surface area contributed by atoms with E-state index in [4.69, 9.17) is 0 Å². The van der Waals surface area contributed by atoms with Crippen LogP contribution in [-0.4, -0.2) is 32.7 Å². The molecular weight excluding hydrogens is 372 g/mol. The highest BCUT2D eigenvalue weighted by atomic mass is 79.9. The van der Waals surface area contributed by atoms with Gasteiger partial charge in [-0.3, -0.25) is 4.90 Å². The second-order valence-corrected chi connectivity index (χ2v) is 7.48. The van der Waals surface area contributed by atoms with Gasteiger partial charge in [0.2, 0.25) is 0 Å². The Morgan fingerprint density at radius 1 is 1.39 bits per heavy atom. The van der Waals surface area contributed by atoms with Crippen LogP contribution in [0.5, 0.6) is 0 Å². The van der Waals surface area contributed by atoms with Gasteiger partial charge in [0.1, 0.15) is 0 Å².